The van der Waals surface area contributed by atoms with Gasteiger partial charge in [0.1, 0.15) is 0 Å². The van der Waals surface area contributed by atoms with Crippen LogP contribution in [0.4, 0.5) is 0 Å². The second-order valence-corrected chi connectivity index (χ2v) is 8.67. The van der Waals surface area contributed by atoms with Crippen molar-refractivity contribution in [2.75, 3.05) is 39.3 Å². The Balaban J connectivity index is 1.53. The molecule has 1 fully saturated rings. The topological polar surface area (TPSA) is 43.9 Å². The second kappa shape index (κ2) is 8.05. The number of rotatable bonds is 3. The highest BCUT2D eigenvalue weighted by molar-refractivity contribution is 7.10. The molecular weight excluding hydrogens is 370 g/mol. The Morgan fingerprint density at radius 2 is 1.71 bits per heavy atom. The summed E-state index contributed by atoms with van der Waals surface area (Å²) in [6.45, 7) is 7.59. The maximum Gasteiger partial charge on any atom is 0.236 e. The van der Waals surface area contributed by atoms with Crippen molar-refractivity contribution in [3.63, 3.8) is 0 Å². The van der Waals surface area contributed by atoms with Crippen LogP contribution in [0.2, 0.25) is 0 Å². The van der Waals surface area contributed by atoms with E-state index in [1.54, 1.807) is 6.92 Å². The van der Waals surface area contributed by atoms with Crippen LogP contribution >= 0.6 is 11.3 Å². The number of hydrogen-bond acceptors (Lipinski definition) is 4. The minimum atomic E-state index is 0.0905. The van der Waals surface area contributed by atoms with E-state index in [-0.39, 0.29) is 17.9 Å². The minimum absolute atomic E-state index is 0.0905. The lowest BCUT2D eigenvalue weighted by molar-refractivity contribution is -0.139. The second-order valence-electron chi connectivity index (χ2n) is 7.67. The number of thiophene rings is 1. The van der Waals surface area contributed by atoms with Gasteiger partial charge in [-0.2, -0.15) is 0 Å². The molecule has 0 aliphatic carbocycles. The number of aryl methyl sites for hydroxylation is 1. The highest BCUT2D eigenvalue weighted by atomic mass is 32.1. The normalized spacial score (nSPS) is 20.1. The molecule has 2 aromatic rings. The molecule has 2 amide bonds. The van der Waals surface area contributed by atoms with Gasteiger partial charge < -0.3 is 9.80 Å². The van der Waals surface area contributed by atoms with Gasteiger partial charge in [0, 0.05) is 44.5 Å². The summed E-state index contributed by atoms with van der Waals surface area (Å²) in [4.78, 5) is 32.1. The van der Waals surface area contributed by atoms with E-state index in [1.165, 1.54) is 21.6 Å². The molecule has 1 aromatic carbocycles. The van der Waals surface area contributed by atoms with E-state index in [1.807, 2.05) is 21.1 Å². The Labute approximate surface area is 170 Å². The fourth-order valence-corrected chi connectivity index (χ4v) is 5.24. The molecule has 5 nitrogen and oxygen atoms in total. The number of amides is 2. The predicted molar refractivity (Wildman–Crippen MR) is 111 cm³/mol. The molecule has 1 atom stereocenters. The molecule has 0 bridgehead atoms. The highest BCUT2D eigenvalue weighted by Gasteiger charge is 2.33. The van der Waals surface area contributed by atoms with Crippen LogP contribution in [0.3, 0.4) is 0 Å². The molecule has 6 heteroatoms. The van der Waals surface area contributed by atoms with Crippen LogP contribution in [0.25, 0.3) is 0 Å². The fraction of sp³-hybridized carbons (Fsp3) is 0.455. The molecule has 3 heterocycles. The Morgan fingerprint density at radius 3 is 2.43 bits per heavy atom. The molecule has 28 heavy (non-hydrogen) atoms. The number of fused-ring (bicyclic) bond motifs is 1. The lowest BCUT2D eigenvalue weighted by atomic mass is 9.90. The summed E-state index contributed by atoms with van der Waals surface area (Å²) in [7, 11) is 0. The van der Waals surface area contributed by atoms with Crippen molar-refractivity contribution < 1.29 is 9.59 Å². The standard InChI is InChI=1S/C22H27N3O2S/c1-16-5-3-4-6-18(16)22-19-8-14-28-20(19)7-9-25(22)15-21(27)24-12-10-23(11-13-24)17(2)26/h3-6,8,14,22H,7,9-13,15H2,1-2H3/t22-/m0/s1. The molecule has 2 aliphatic rings. The highest BCUT2D eigenvalue weighted by Crippen LogP contribution is 2.38. The third-order valence-corrected chi connectivity index (χ3v) is 6.96. The van der Waals surface area contributed by atoms with Gasteiger partial charge in [-0.05, 0) is 41.5 Å². The quantitative estimate of drug-likeness (QED) is 0.800. The predicted octanol–water partition coefficient (Wildman–Crippen LogP) is 2.69. The number of nitrogens with zero attached hydrogens (tertiary/aromatic N) is 3. The molecule has 0 spiro atoms. The van der Waals surface area contributed by atoms with Crippen LogP contribution in [0, 0.1) is 6.92 Å². The van der Waals surface area contributed by atoms with Crippen LogP contribution in [0.15, 0.2) is 35.7 Å². The molecule has 4 rings (SSSR count). The van der Waals surface area contributed by atoms with Crippen molar-refractivity contribution in [1.82, 2.24) is 14.7 Å². The number of piperazine rings is 1. The van der Waals surface area contributed by atoms with Crippen molar-refractivity contribution in [2.45, 2.75) is 26.3 Å². The average Bonchev–Trinajstić information content (AvgIpc) is 3.17. The van der Waals surface area contributed by atoms with Crippen LogP contribution < -0.4 is 0 Å². The Kier molecular flexibility index (Phi) is 5.51. The molecule has 148 valence electrons. The molecular formula is C22H27N3O2S. The van der Waals surface area contributed by atoms with Crippen LogP contribution in [0.1, 0.15) is 34.5 Å². The smallest absolute Gasteiger partial charge is 0.236 e. The van der Waals surface area contributed by atoms with E-state index >= 15 is 0 Å². The van der Waals surface area contributed by atoms with E-state index in [0.29, 0.717) is 32.7 Å². The van der Waals surface area contributed by atoms with Gasteiger partial charge in [-0.3, -0.25) is 14.5 Å². The zero-order chi connectivity index (χ0) is 19.7. The first-order chi connectivity index (χ1) is 13.5. The van der Waals surface area contributed by atoms with E-state index in [9.17, 15) is 9.59 Å². The van der Waals surface area contributed by atoms with E-state index in [0.717, 1.165) is 13.0 Å². The first-order valence-electron chi connectivity index (χ1n) is 9.93. The maximum absolute atomic E-state index is 13.0. The van der Waals surface area contributed by atoms with Crippen LogP contribution in [-0.2, 0) is 16.0 Å². The monoisotopic (exact) mass is 397 g/mol. The molecule has 1 aromatic heterocycles. The lowest BCUT2D eigenvalue weighted by Gasteiger charge is -2.39. The third-order valence-electron chi connectivity index (χ3n) is 5.96. The SMILES string of the molecule is CC(=O)N1CCN(C(=O)CN2CCc3sccc3[C@@H]2c2ccccc2C)CC1. The largest absolute Gasteiger partial charge is 0.339 e. The van der Waals surface area contributed by atoms with Gasteiger partial charge in [-0.15, -0.1) is 11.3 Å². The summed E-state index contributed by atoms with van der Waals surface area (Å²) in [5.74, 6) is 0.258. The van der Waals surface area contributed by atoms with Gasteiger partial charge in [-0.1, -0.05) is 24.3 Å². The van der Waals surface area contributed by atoms with Crippen molar-refractivity contribution in [3.8, 4) is 0 Å². The number of carbonyl (C=O) groups is 2. The summed E-state index contributed by atoms with van der Waals surface area (Å²) >= 11 is 1.82. The molecule has 0 N–H and O–H groups in total. The third kappa shape index (κ3) is 3.71. The number of hydrogen-bond donors (Lipinski definition) is 0. The summed E-state index contributed by atoms with van der Waals surface area (Å²) < 4.78 is 0. The van der Waals surface area contributed by atoms with Crippen LogP contribution in [-0.4, -0.2) is 65.8 Å². The zero-order valence-corrected chi connectivity index (χ0v) is 17.4. The molecule has 0 unspecified atom stereocenters. The fourth-order valence-electron chi connectivity index (χ4n) is 4.34. The Morgan fingerprint density at radius 1 is 1.00 bits per heavy atom. The average molecular weight is 398 g/mol. The zero-order valence-electron chi connectivity index (χ0n) is 16.6. The van der Waals surface area contributed by atoms with Gasteiger partial charge in [0.05, 0.1) is 12.6 Å². The van der Waals surface area contributed by atoms with Gasteiger partial charge in [0.15, 0.2) is 0 Å². The van der Waals surface area contributed by atoms with E-state index in [2.05, 4.69) is 47.5 Å². The van der Waals surface area contributed by atoms with Crippen molar-refractivity contribution in [1.29, 1.82) is 0 Å². The van der Waals surface area contributed by atoms with Crippen molar-refractivity contribution in [2.24, 2.45) is 0 Å². The molecule has 0 radical (unpaired) electrons. The summed E-state index contributed by atoms with van der Waals surface area (Å²) in [6.07, 6.45) is 1.00. The molecule has 2 aliphatic heterocycles. The first kappa shape index (κ1) is 19.2. The Hall–Kier alpha value is -2.18. The minimum Gasteiger partial charge on any atom is -0.339 e. The van der Waals surface area contributed by atoms with Crippen molar-refractivity contribution in [3.05, 3.63) is 57.3 Å². The number of carbonyl (C=O) groups excluding carboxylic acids is 2. The summed E-state index contributed by atoms with van der Waals surface area (Å²) in [6, 6.07) is 10.9. The Bertz CT molecular complexity index is 870. The van der Waals surface area contributed by atoms with Crippen molar-refractivity contribution >= 4 is 23.2 Å². The summed E-state index contributed by atoms with van der Waals surface area (Å²) in [5.41, 5.74) is 3.90. The number of benzene rings is 1. The van der Waals surface area contributed by atoms with Crippen LogP contribution in [0.5, 0.6) is 0 Å². The summed E-state index contributed by atoms with van der Waals surface area (Å²) in [5, 5.41) is 2.17. The van der Waals surface area contributed by atoms with E-state index in [4.69, 9.17) is 0 Å². The lowest BCUT2D eigenvalue weighted by Crippen LogP contribution is -2.53. The van der Waals surface area contributed by atoms with Gasteiger partial charge in [0.2, 0.25) is 11.8 Å². The maximum atomic E-state index is 13.0. The van der Waals surface area contributed by atoms with Gasteiger partial charge in [0.25, 0.3) is 0 Å². The molecule has 0 saturated carbocycles. The molecule has 1 saturated heterocycles. The first-order valence-corrected chi connectivity index (χ1v) is 10.8. The van der Waals surface area contributed by atoms with Gasteiger partial charge in [-0.25, -0.2) is 0 Å². The van der Waals surface area contributed by atoms with E-state index < -0.39 is 0 Å². The van der Waals surface area contributed by atoms with Gasteiger partial charge >= 0.3 is 0 Å².